The van der Waals surface area contributed by atoms with Crippen molar-refractivity contribution in [1.29, 1.82) is 0 Å². The van der Waals surface area contributed by atoms with Gasteiger partial charge in [0.15, 0.2) is 6.29 Å². The van der Waals surface area contributed by atoms with Crippen LogP contribution in [0.2, 0.25) is 0 Å². The Hall–Kier alpha value is -0.430. The van der Waals surface area contributed by atoms with E-state index in [1.54, 1.807) is 0 Å². The molecule has 0 saturated carbocycles. The fourth-order valence-electron chi connectivity index (χ4n) is 1.92. The summed E-state index contributed by atoms with van der Waals surface area (Å²) in [4.78, 5) is 0. The van der Waals surface area contributed by atoms with Gasteiger partial charge in [-0.2, -0.15) is 5.10 Å². The van der Waals surface area contributed by atoms with Crippen molar-refractivity contribution >= 4 is 15.9 Å². The van der Waals surface area contributed by atoms with Crippen molar-refractivity contribution in [3.05, 3.63) is 15.9 Å². The van der Waals surface area contributed by atoms with Crippen molar-refractivity contribution < 1.29 is 14.6 Å². The van der Waals surface area contributed by atoms with Crippen LogP contribution in [0, 0.1) is 0 Å². The zero-order valence-electron chi connectivity index (χ0n) is 11.3. The number of ether oxygens (including phenoxy) is 2. The molecule has 1 aromatic heterocycles. The Morgan fingerprint density at radius 2 is 1.94 bits per heavy atom. The van der Waals surface area contributed by atoms with E-state index in [9.17, 15) is 5.11 Å². The van der Waals surface area contributed by atoms with Gasteiger partial charge in [0.25, 0.3) is 0 Å². The molecule has 0 bridgehead atoms. The van der Waals surface area contributed by atoms with Crippen LogP contribution in [0.5, 0.6) is 0 Å². The van der Waals surface area contributed by atoms with E-state index in [2.05, 4.69) is 28.0 Å². The molecule has 1 N–H and O–H groups in total. The van der Waals surface area contributed by atoms with Crippen LogP contribution in [0.25, 0.3) is 0 Å². The first-order chi connectivity index (χ1) is 8.58. The molecule has 1 rings (SSSR count). The first kappa shape index (κ1) is 15.6. The van der Waals surface area contributed by atoms with Gasteiger partial charge in [-0.1, -0.05) is 6.92 Å². The zero-order chi connectivity index (χ0) is 13.7. The van der Waals surface area contributed by atoms with E-state index in [0.717, 1.165) is 28.8 Å². The lowest BCUT2D eigenvalue weighted by Crippen LogP contribution is -2.32. The third-order valence-electron chi connectivity index (χ3n) is 2.88. The molecule has 0 fully saturated rings. The van der Waals surface area contributed by atoms with Gasteiger partial charge >= 0.3 is 0 Å². The number of aromatic nitrogens is 2. The van der Waals surface area contributed by atoms with Crippen molar-refractivity contribution in [1.82, 2.24) is 9.78 Å². The van der Waals surface area contributed by atoms with Crippen molar-refractivity contribution in [3.8, 4) is 0 Å². The third-order valence-corrected chi connectivity index (χ3v) is 3.79. The maximum Gasteiger partial charge on any atom is 0.183 e. The Kier molecular flexibility index (Phi) is 6.28. The topological polar surface area (TPSA) is 56.5 Å². The molecule has 5 nitrogen and oxygen atoms in total. The highest BCUT2D eigenvalue weighted by atomic mass is 79.9. The summed E-state index contributed by atoms with van der Waals surface area (Å²) in [6, 6.07) is 0. The largest absolute Gasteiger partial charge is 0.387 e. The number of hydrogen-bond donors (Lipinski definition) is 1. The quantitative estimate of drug-likeness (QED) is 0.778. The van der Waals surface area contributed by atoms with E-state index in [1.807, 2.05) is 11.6 Å². The minimum Gasteiger partial charge on any atom is -0.387 e. The molecule has 0 aromatic carbocycles. The van der Waals surface area contributed by atoms with Crippen LogP contribution in [-0.4, -0.2) is 41.5 Å². The molecule has 0 aliphatic heterocycles. The third kappa shape index (κ3) is 3.32. The minimum atomic E-state index is -0.719. The second kappa shape index (κ2) is 7.23. The number of aryl methyl sites for hydroxylation is 2. The predicted molar refractivity (Wildman–Crippen MR) is 72.5 cm³/mol. The normalized spacial score (nSPS) is 13.3. The summed E-state index contributed by atoms with van der Waals surface area (Å²) < 4.78 is 13.0. The number of halogens is 1. The maximum absolute atomic E-state index is 10.1. The van der Waals surface area contributed by atoms with Crippen molar-refractivity contribution in [2.24, 2.45) is 0 Å². The van der Waals surface area contributed by atoms with Gasteiger partial charge in [-0.05, 0) is 29.3 Å². The second-order valence-corrected chi connectivity index (χ2v) is 4.78. The zero-order valence-corrected chi connectivity index (χ0v) is 12.9. The molecule has 1 aromatic rings. The van der Waals surface area contributed by atoms with E-state index >= 15 is 0 Å². The standard InChI is InChI=1S/C12H21BrN2O3/c1-5-8-11(13)9(15(6-2)14-8)7-10(16)12(17-3)18-4/h10,12,16H,5-7H2,1-4H3. The Bertz CT molecular complexity index is 378. The van der Waals surface area contributed by atoms with Gasteiger partial charge in [0.2, 0.25) is 0 Å². The van der Waals surface area contributed by atoms with E-state index in [-0.39, 0.29) is 0 Å². The van der Waals surface area contributed by atoms with Crippen molar-refractivity contribution in [2.45, 2.75) is 45.6 Å². The summed E-state index contributed by atoms with van der Waals surface area (Å²) in [5.74, 6) is 0. The van der Waals surface area contributed by atoms with E-state index in [0.29, 0.717) is 6.42 Å². The maximum atomic E-state index is 10.1. The number of aliphatic hydroxyl groups excluding tert-OH is 1. The van der Waals surface area contributed by atoms with Gasteiger partial charge in [-0.15, -0.1) is 0 Å². The van der Waals surface area contributed by atoms with Crippen molar-refractivity contribution in [2.75, 3.05) is 14.2 Å². The first-order valence-corrected chi connectivity index (χ1v) is 6.85. The molecule has 0 amide bonds. The summed E-state index contributed by atoms with van der Waals surface area (Å²) in [6.45, 7) is 4.85. The van der Waals surface area contributed by atoms with E-state index in [1.165, 1.54) is 14.2 Å². The van der Waals surface area contributed by atoms with E-state index < -0.39 is 12.4 Å². The average Bonchev–Trinajstić information content (AvgIpc) is 2.68. The number of methoxy groups -OCH3 is 2. The van der Waals surface area contributed by atoms with Crippen LogP contribution in [-0.2, 0) is 28.9 Å². The van der Waals surface area contributed by atoms with E-state index in [4.69, 9.17) is 9.47 Å². The molecule has 1 atom stereocenters. The number of rotatable bonds is 7. The van der Waals surface area contributed by atoms with Crippen LogP contribution in [0.3, 0.4) is 0 Å². The first-order valence-electron chi connectivity index (χ1n) is 6.06. The Balaban J connectivity index is 2.92. The summed E-state index contributed by atoms with van der Waals surface area (Å²) in [5, 5.41) is 14.6. The summed E-state index contributed by atoms with van der Waals surface area (Å²) in [5.41, 5.74) is 1.98. The lowest BCUT2D eigenvalue weighted by molar-refractivity contribution is -0.163. The Morgan fingerprint density at radius 3 is 2.39 bits per heavy atom. The molecule has 0 saturated heterocycles. The molecular formula is C12H21BrN2O3. The highest BCUT2D eigenvalue weighted by molar-refractivity contribution is 9.10. The fourth-order valence-corrected chi connectivity index (χ4v) is 2.64. The lowest BCUT2D eigenvalue weighted by Gasteiger charge is -2.20. The van der Waals surface area contributed by atoms with Crippen LogP contribution in [0.15, 0.2) is 4.47 Å². The molecule has 1 heterocycles. The molecule has 18 heavy (non-hydrogen) atoms. The summed E-state index contributed by atoms with van der Waals surface area (Å²) >= 11 is 3.55. The monoisotopic (exact) mass is 320 g/mol. The highest BCUT2D eigenvalue weighted by Gasteiger charge is 2.23. The SMILES string of the molecule is CCc1nn(CC)c(CC(O)C(OC)OC)c1Br. The highest BCUT2D eigenvalue weighted by Crippen LogP contribution is 2.24. The van der Waals surface area contributed by atoms with Gasteiger partial charge in [-0.3, -0.25) is 4.68 Å². The predicted octanol–water partition coefficient (Wildman–Crippen LogP) is 1.75. The Morgan fingerprint density at radius 1 is 1.33 bits per heavy atom. The molecule has 0 radical (unpaired) electrons. The van der Waals surface area contributed by atoms with Crippen molar-refractivity contribution in [3.63, 3.8) is 0 Å². The van der Waals surface area contributed by atoms with Gasteiger partial charge in [0.05, 0.1) is 15.9 Å². The smallest absolute Gasteiger partial charge is 0.183 e. The van der Waals surface area contributed by atoms with Gasteiger partial charge in [0, 0.05) is 27.2 Å². The molecule has 0 aliphatic rings. The fraction of sp³-hybridized carbons (Fsp3) is 0.750. The van der Waals surface area contributed by atoms with Crippen LogP contribution in [0.1, 0.15) is 25.2 Å². The molecule has 104 valence electrons. The lowest BCUT2D eigenvalue weighted by atomic mass is 10.1. The summed E-state index contributed by atoms with van der Waals surface area (Å²) in [6.07, 6.45) is -0.0483. The average molecular weight is 321 g/mol. The molecule has 0 spiro atoms. The van der Waals surface area contributed by atoms with Crippen LogP contribution >= 0.6 is 15.9 Å². The number of aliphatic hydroxyl groups is 1. The summed E-state index contributed by atoms with van der Waals surface area (Å²) in [7, 11) is 3.03. The molecular weight excluding hydrogens is 300 g/mol. The van der Waals surface area contributed by atoms with Gasteiger partial charge in [-0.25, -0.2) is 0 Å². The second-order valence-electron chi connectivity index (χ2n) is 3.99. The van der Waals surface area contributed by atoms with Gasteiger partial charge in [0.1, 0.15) is 6.10 Å². The molecule has 6 heteroatoms. The molecule has 0 aliphatic carbocycles. The number of nitrogens with zero attached hydrogens (tertiary/aromatic N) is 2. The Labute approximate surface area is 116 Å². The van der Waals surface area contributed by atoms with Crippen LogP contribution in [0.4, 0.5) is 0 Å². The number of hydrogen-bond acceptors (Lipinski definition) is 4. The van der Waals surface area contributed by atoms with Gasteiger partial charge < -0.3 is 14.6 Å². The minimum absolute atomic E-state index is 0.438. The molecule has 1 unspecified atom stereocenters. The van der Waals surface area contributed by atoms with Crippen LogP contribution < -0.4 is 0 Å².